The molecule has 0 bridgehead atoms. The molecule has 5 unspecified atom stereocenters. The van der Waals surface area contributed by atoms with Gasteiger partial charge in [-0.05, 0) is 43.4 Å². The highest BCUT2D eigenvalue weighted by Crippen LogP contribution is 2.43. The normalized spacial score (nSPS) is 42.1. The van der Waals surface area contributed by atoms with Crippen molar-refractivity contribution in [2.75, 3.05) is 13.1 Å². The number of amides is 1. The average Bonchev–Trinajstić information content (AvgIpc) is 2.49. The number of hydrogen-bond donors (Lipinski definition) is 0. The van der Waals surface area contributed by atoms with Crippen LogP contribution in [-0.4, -0.2) is 28.7 Å². The lowest BCUT2D eigenvalue weighted by molar-refractivity contribution is -0.139. The van der Waals surface area contributed by atoms with Gasteiger partial charge in [-0.1, -0.05) is 48.5 Å². The minimum atomic E-state index is 0.336. The number of carbonyl (C=O) groups excluding carboxylic acids is 1. The first-order valence-electron chi connectivity index (χ1n) is 8.58. The zero-order valence-corrected chi connectivity index (χ0v) is 14.3. The summed E-state index contributed by atoms with van der Waals surface area (Å²) < 4.78 is 0. The Balaban J connectivity index is 1.57. The van der Waals surface area contributed by atoms with Crippen molar-refractivity contribution < 1.29 is 4.79 Å². The van der Waals surface area contributed by atoms with E-state index in [1.165, 1.54) is 38.5 Å². The Morgan fingerprint density at radius 1 is 1.05 bits per heavy atom. The van der Waals surface area contributed by atoms with Gasteiger partial charge in [0.2, 0.25) is 5.91 Å². The Morgan fingerprint density at radius 2 is 1.80 bits per heavy atom. The van der Waals surface area contributed by atoms with Crippen LogP contribution in [0.5, 0.6) is 0 Å². The van der Waals surface area contributed by atoms with Crippen LogP contribution in [0.2, 0.25) is 0 Å². The smallest absolute Gasteiger partial charge is 0.225 e. The molecule has 0 N–H and O–H groups in total. The Hall–Kier alpha value is -0.0500. The molecule has 1 amide bonds. The van der Waals surface area contributed by atoms with Crippen LogP contribution in [0.1, 0.15) is 58.3 Å². The molecule has 2 aliphatic carbocycles. The summed E-state index contributed by atoms with van der Waals surface area (Å²) in [5.41, 5.74) is 0. The molecular weight excluding hydrogens is 314 g/mol. The highest BCUT2D eigenvalue weighted by atomic mass is 79.9. The van der Waals surface area contributed by atoms with Crippen LogP contribution in [0.3, 0.4) is 0 Å². The number of likely N-dealkylation sites (tertiary alicyclic amines) is 1. The van der Waals surface area contributed by atoms with Crippen LogP contribution in [-0.2, 0) is 4.79 Å². The van der Waals surface area contributed by atoms with Crippen molar-refractivity contribution in [1.29, 1.82) is 0 Å². The molecular formula is C17H28BrNO. The fourth-order valence-electron chi connectivity index (χ4n) is 4.58. The van der Waals surface area contributed by atoms with Crippen molar-refractivity contribution in [3.63, 3.8) is 0 Å². The minimum absolute atomic E-state index is 0.336. The summed E-state index contributed by atoms with van der Waals surface area (Å²) in [4.78, 5) is 15.4. The summed E-state index contributed by atoms with van der Waals surface area (Å²) in [6.07, 6.45) is 10.4. The number of alkyl halides is 1. The van der Waals surface area contributed by atoms with Gasteiger partial charge >= 0.3 is 0 Å². The number of fused-ring (bicyclic) bond motifs is 1. The maximum atomic E-state index is 12.8. The fraction of sp³-hybridized carbons (Fsp3) is 0.941. The first-order valence-corrected chi connectivity index (χ1v) is 9.49. The van der Waals surface area contributed by atoms with E-state index in [0.29, 0.717) is 22.6 Å². The molecule has 3 fully saturated rings. The molecule has 20 heavy (non-hydrogen) atoms. The largest absolute Gasteiger partial charge is 0.341 e. The van der Waals surface area contributed by atoms with Gasteiger partial charge in [0.05, 0.1) is 0 Å². The van der Waals surface area contributed by atoms with Crippen LogP contribution >= 0.6 is 15.9 Å². The van der Waals surface area contributed by atoms with Crippen LogP contribution < -0.4 is 0 Å². The fourth-order valence-corrected chi connectivity index (χ4v) is 5.19. The monoisotopic (exact) mass is 341 g/mol. The molecule has 1 saturated heterocycles. The molecule has 0 radical (unpaired) electrons. The Labute approximate surface area is 131 Å². The number of carbonyl (C=O) groups is 1. The van der Waals surface area contributed by atoms with Crippen LogP contribution in [0, 0.1) is 23.7 Å². The predicted molar refractivity (Wildman–Crippen MR) is 85.9 cm³/mol. The molecule has 1 heterocycles. The van der Waals surface area contributed by atoms with E-state index < -0.39 is 0 Å². The van der Waals surface area contributed by atoms with Gasteiger partial charge in [0.1, 0.15) is 0 Å². The van der Waals surface area contributed by atoms with E-state index in [2.05, 4.69) is 27.8 Å². The Morgan fingerprint density at radius 3 is 2.55 bits per heavy atom. The van der Waals surface area contributed by atoms with Crippen molar-refractivity contribution in [1.82, 2.24) is 4.90 Å². The molecule has 0 aromatic carbocycles. The second kappa shape index (κ2) is 6.37. The third kappa shape index (κ3) is 3.08. The topological polar surface area (TPSA) is 20.3 Å². The number of nitrogens with zero attached hydrogens (tertiary/aromatic N) is 1. The summed E-state index contributed by atoms with van der Waals surface area (Å²) in [6, 6.07) is 0. The molecule has 5 atom stereocenters. The van der Waals surface area contributed by atoms with E-state index in [9.17, 15) is 4.79 Å². The second-order valence-electron chi connectivity index (χ2n) is 7.38. The highest BCUT2D eigenvalue weighted by molar-refractivity contribution is 9.09. The van der Waals surface area contributed by atoms with Crippen molar-refractivity contribution in [2.24, 2.45) is 23.7 Å². The van der Waals surface area contributed by atoms with Crippen LogP contribution in [0.15, 0.2) is 0 Å². The number of hydrogen-bond acceptors (Lipinski definition) is 1. The maximum absolute atomic E-state index is 12.8. The second-order valence-corrected chi connectivity index (χ2v) is 8.56. The van der Waals surface area contributed by atoms with E-state index >= 15 is 0 Å². The molecule has 0 aromatic heterocycles. The van der Waals surface area contributed by atoms with Gasteiger partial charge < -0.3 is 4.90 Å². The molecule has 3 aliphatic rings. The quantitative estimate of drug-likeness (QED) is 0.653. The highest BCUT2D eigenvalue weighted by Gasteiger charge is 2.37. The standard InChI is InChI=1S/C17H28BrNO/c1-12-8-9-19(11-16(12)18)17(20)15-7-6-13-4-2-3-5-14(13)10-15/h12-16H,2-11H2,1H3. The van der Waals surface area contributed by atoms with Crippen molar-refractivity contribution in [2.45, 2.75) is 63.1 Å². The molecule has 0 aromatic rings. The minimum Gasteiger partial charge on any atom is -0.341 e. The molecule has 114 valence electrons. The summed E-state index contributed by atoms with van der Waals surface area (Å²) >= 11 is 3.75. The lowest BCUT2D eigenvalue weighted by Crippen LogP contribution is -2.47. The van der Waals surface area contributed by atoms with Gasteiger partial charge in [-0.2, -0.15) is 0 Å². The third-order valence-corrected chi connectivity index (χ3v) is 7.26. The maximum Gasteiger partial charge on any atom is 0.225 e. The van der Waals surface area contributed by atoms with E-state index in [1.54, 1.807) is 0 Å². The zero-order chi connectivity index (χ0) is 14.1. The van der Waals surface area contributed by atoms with Crippen molar-refractivity contribution in [3.05, 3.63) is 0 Å². The van der Waals surface area contributed by atoms with Crippen LogP contribution in [0.4, 0.5) is 0 Å². The summed E-state index contributed by atoms with van der Waals surface area (Å²) in [6.45, 7) is 4.19. The molecule has 1 aliphatic heterocycles. The van der Waals surface area contributed by atoms with E-state index in [4.69, 9.17) is 0 Å². The van der Waals surface area contributed by atoms with Gasteiger partial charge in [-0.15, -0.1) is 0 Å². The summed E-state index contributed by atoms with van der Waals surface area (Å²) in [7, 11) is 0. The molecule has 3 heteroatoms. The molecule has 2 nitrogen and oxygen atoms in total. The Kier molecular flexibility index (Phi) is 4.74. The van der Waals surface area contributed by atoms with Gasteiger partial charge in [0.15, 0.2) is 0 Å². The third-order valence-electron chi connectivity index (χ3n) is 6.07. The molecule has 0 spiro atoms. The molecule has 3 rings (SSSR count). The van der Waals surface area contributed by atoms with Gasteiger partial charge in [0.25, 0.3) is 0 Å². The SMILES string of the molecule is CC1CCN(C(=O)C2CCC3CCCCC3C2)CC1Br. The van der Waals surface area contributed by atoms with E-state index in [1.807, 2.05) is 0 Å². The number of halogens is 1. The lowest BCUT2D eigenvalue weighted by Gasteiger charge is -2.42. The molecule has 2 saturated carbocycles. The summed E-state index contributed by atoms with van der Waals surface area (Å²) in [5.74, 6) is 3.30. The first-order chi connectivity index (χ1) is 9.65. The van der Waals surface area contributed by atoms with E-state index in [-0.39, 0.29) is 0 Å². The van der Waals surface area contributed by atoms with Gasteiger partial charge in [-0.3, -0.25) is 4.79 Å². The lowest BCUT2D eigenvalue weighted by atomic mass is 9.67. The van der Waals surface area contributed by atoms with Gasteiger partial charge in [-0.25, -0.2) is 0 Å². The van der Waals surface area contributed by atoms with E-state index in [0.717, 1.165) is 37.8 Å². The Bertz CT molecular complexity index is 359. The van der Waals surface area contributed by atoms with Crippen LogP contribution in [0.25, 0.3) is 0 Å². The number of piperidine rings is 1. The first kappa shape index (κ1) is 14.9. The summed E-state index contributed by atoms with van der Waals surface area (Å²) in [5, 5.41) is 0. The zero-order valence-electron chi connectivity index (χ0n) is 12.7. The van der Waals surface area contributed by atoms with Gasteiger partial charge in [0, 0.05) is 23.8 Å². The number of rotatable bonds is 1. The predicted octanol–water partition coefficient (Wildman–Crippen LogP) is 4.22. The van der Waals surface area contributed by atoms with Crippen molar-refractivity contribution >= 4 is 21.8 Å². The average molecular weight is 342 g/mol. The van der Waals surface area contributed by atoms with Crippen molar-refractivity contribution in [3.8, 4) is 0 Å².